The van der Waals surface area contributed by atoms with Crippen LogP contribution in [0.25, 0.3) is 0 Å². The molecule has 2 N–H and O–H groups in total. The van der Waals surface area contributed by atoms with Gasteiger partial charge in [-0.2, -0.15) is 0 Å². The lowest BCUT2D eigenvalue weighted by molar-refractivity contribution is -0.131. The van der Waals surface area contributed by atoms with E-state index in [0.717, 1.165) is 0 Å². The van der Waals surface area contributed by atoms with Crippen LogP contribution in [0.15, 0.2) is 0 Å². The van der Waals surface area contributed by atoms with Crippen molar-refractivity contribution in [3.05, 3.63) is 0 Å². The van der Waals surface area contributed by atoms with E-state index in [1.807, 2.05) is 0 Å². The number of aldehydes is 1. The second-order valence-electron chi connectivity index (χ2n) is 1.35. The number of phosphoric ester groups is 1. The number of hydrogen-bond acceptors (Lipinski definition) is 4. The van der Waals surface area contributed by atoms with Gasteiger partial charge in [-0.1, -0.05) is 0 Å². The first-order chi connectivity index (χ1) is 4.45. The lowest BCUT2D eigenvalue weighted by Crippen LogP contribution is -2.07. The molecule has 0 aliphatic rings. The van der Waals surface area contributed by atoms with Crippen molar-refractivity contribution in [3.8, 4) is 0 Å². The van der Waals surface area contributed by atoms with Crippen molar-refractivity contribution in [2.75, 3.05) is 6.61 Å². The lowest BCUT2D eigenvalue weighted by atomic mass is 10.5. The average Bonchev–Trinajstić information content (AvgIpc) is 1.81. The summed E-state index contributed by atoms with van der Waals surface area (Å²) >= 11 is 0. The van der Waals surface area contributed by atoms with Gasteiger partial charge in [-0.15, -0.1) is 0 Å². The topological polar surface area (TPSA) is 101 Å². The molecule has 0 rings (SSSR count). The molecule has 58 valence electrons. The van der Waals surface area contributed by atoms with E-state index in [1.165, 1.54) is 0 Å². The molecule has 0 saturated carbocycles. The highest BCUT2D eigenvalue weighted by Gasteiger charge is 2.15. The molecular formula is C3H5O6P. The van der Waals surface area contributed by atoms with Gasteiger partial charge in [0.05, 0.1) is 0 Å². The Labute approximate surface area is 56.0 Å². The van der Waals surface area contributed by atoms with Crippen LogP contribution in [0.3, 0.4) is 0 Å². The maximum absolute atomic E-state index is 10.0. The van der Waals surface area contributed by atoms with E-state index in [-0.39, 0.29) is 6.29 Å². The summed E-state index contributed by atoms with van der Waals surface area (Å²) in [6.07, 6.45) is -0.0737. The Bertz CT molecular complexity index is 179. The summed E-state index contributed by atoms with van der Waals surface area (Å²) in [5.41, 5.74) is 0. The first kappa shape index (κ1) is 9.45. The normalized spacial score (nSPS) is 11.0. The number of Topliss-reactive ketones (excluding diaryl/α,β-unsaturated/α-hetero) is 1. The highest BCUT2D eigenvalue weighted by molar-refractivity contribution is 7.46. The van der Waals surface area contributed by atoms with Gasteiger partial charge < -0.3 is 9.79 Å². The molecule has 6 nitrogen and oxygen atoms in total. The van der Waals surface area contributed by atoms with Crippen LogP contribution in [-0.2, 0) is 18.7 Å². The maximum atomic E-state index is 10.0. The largest absolute Gasteiger partial charge is 0.470 e. The van der Waals surface area contributed by atoms with Crippen LogP contribution in [0.4, 0.5) is 0 Å². The second kappa shape index (κ2) is 3.58. The highest BCUT2D eigenvalue weighted by Crippen LogP contribution is 2.35. The predicted molar refractivity (Wildman–Crippen MR) is 29.1 cm³/mol. The van der Waals surface area contributed by atoms with Crippen LogP contribution in [0.5, 0.6) is 0 Å². The quantitative estimate of drug-likeness (QED) is 0.312. The molecule has 0 aromatic rings. The second-order valence-corrected chi connectivity index (χ2v) is 2.59. The predicted octanol–water partition coefficient (Wildman–Crippen LogP) is -1.14. The van der Waals surface area contributed by atoms with Crippen molar-refractivity contribution in [2.45, 2.75) is 0 Å². The molecule has 0 radical (unpaired) electrons. The summed E-state index contributed by atoms with van der Waals surface area (Å²) in [6.45, 7) is -0.881. The van der Waals surface area contributed by atoms with Gasteiger partial charge in [0.15, 0.2) is 6.29 Å². The van der Waals surface area contributed by atoms with E-state index >= 15 is 0 Å². The van der Waals surface area contributed by atoms with Gasteiger partial charge in [0.2, 0.25) is 5.78 Å². The van der Waals surface area contributed by atoms with Gasteiger partial charge in [-0.3, -0.25) is 14.1 Å². The van der Waals surface area contributed by atoms with Crippen LogP contribution in [-0.4, -0.2) is 28.5 Å². The third-order valence-electron chi connectivity index (χ3n) is 0.506. The van der Waals surface area contributed by atoms with E-state index in [9.17, 15) is 14.2 Å². The Balaban J connectivity index is 3.66. The number of phosphoric acid groups is 1. The van der Waals surface area contributed by atoms with Crippen LogP contribution in [0.1, 0.15) is 0 Å². The van der Waals surface area contributed by atoms with Gasteiger partial charge in [-0.05, 0) is 0 Å². The molecule has 0 aliphatic heterocycles. The SMILES string of the molecule is O=CC(=O)COP(=O)(O)O. The van der Waals surface area contributed by atoms with Gasteiger partial charge in [0.25, 0.3) is 0 Å². The van der Waals surface area contributed by atoms with E-state index in [4.69, 9.17) is 9.79 Å². The first-order valence-electron chi connectivity index (χ1n) is 2.14. The molecule has 0 heterocycles. The summed E-state index contributed by atoms with van der Waals surface area (Å²) in [5.74, 6) is -1.01. The molecule has 0 aromatic carbocycles. The van der Waals surface area contributed by atoms with Gasteiger partial charge >= 0.3 is 7.82 Å². The maximum Gasteiger partial charge on any atom is 0.470 e. The molecule has 10 heavy (non-hydrogen) atoms. The fourth-order valence-corrected chi connectivity index (χ4v) is 0.477. The molecule has 0 atom stereocenters. The van der Waals surface area contributed by atoms with Gasteiger partial charge in [-0.25, -0.2) is 4.57 Å². The third kappa shape index (κ3) is 5.58. The minimum atomic E-state index is -4.61. The average molecular weight is 168 g/mol. The van der Waals surface area contributed by atoms with Crippen molar-refractivity contribution < 1.29 is 28.5 Å². The van der Waals surface area contributed by atoms with E-state index in [1.54, 1.807) is 0 Å². The minimum Gasteiger partial charge on any atom is -0.303 e. The molecule has 0 unspecified atom stereocenters. The molecular weight excluding hydrogens is 163 g/mol. The van der Waals surface area contributed by atoms with Crippen LogP contribution in [0, 0.1) is 0 Å². The molecule has 0 spiro atoms. The first-order valence-corrected chi connectivity index (χ1v) is 3.67. The number of ketones is 1. The molecule has 0 bridgehead atoms. The zero-order valence-corrected chi connectivity index (χ0v) is 5.65. The van der Waals surface area contributed by atoms with Crippen LogP contribution >= 0.6 is 7.82 Å². The van der Waals surface area contributed by atoms with Crippen LogP contribution < -0.4 is 0 Å². The third-order valence-corrected chi connectivity index (χ3v) is 0.972. The number of hydrogen-bond donors (Lipinski definition) is 2. The Kier molecular flexibility index (Phi) is 3.38. The van der Waals surface area contributed by atoms with Crippen molar-refractivity contribution in [1.82, 2.24) is 0 Å². The summed E-state index contributed by atoms with van der Waals surface area (Å²) in [6, 6.07) is 0. The Morgan fingerprint density at radius 2 is 2.10 bits per heavy atom. The van der Waals surface area contributed by atoms with E-state index in [0.29, 0.717) is 0 Å². The monoisotopic (exact) mass is 168 g/mol. The summed E-state index contributed by atoms with van der Waals surface area (Å²) < 4.78 is 13.5. The van der Waals surface area contributed by atoms with Gasteiger partial charge in [0.1, 0.15) is 6.61 Å². The Morgan fingerprint density at radius 1 is 1.60 bits per heavy atom. The lowest BCUT2D eigenvalue weighted by Gasteiger charge is -1.99. The molecule has 0 aliphatic carbocycles. The Morgan fingerprint density at radius 3 is 2.40 bits per heavy atom. The molecule has 0 fully saturated rings. The summed E-state index contributed by atoms with van der Waals surface area (Å²) in [4.78, 5) is 35.5. The van der Waals surface area contributed by atoms with E-state index in [2.05, 4.69) is 4.52 Å². The Hall–Kier alpha value is -0.550. The molecule has 0 saturated heterocycles. The fourth-order valence-electron chi connectivity index (χ4n) is 0.182. The standard InChI is InChI=1S/C3H5O6P/c4-1-3(5)2-9-10(6,7)8/h1H,2H2,(H2,6,7,8). The number of rotatable bonds is 4. The van der Waals surface area contributed by atoms with Crippen LogP contribution in [0.2, 0.25) is 0 Å². The number of carbonyl (C=O) groups excluding carboxylic acids is 2. The van der Waals surface area contributed by atoms with Gasteiger partial charge in [0, 0.05) is 0 Å². The molecule has 0 aromatic heterocycles. The minimum absolute atomic E-state index is 0.0737. The zero-order chi connectivity index (χ0) is 8.20. The fraction of sp³-hybridized carbons (Fsp3) is 0.333. The molecule has 0 amide bonds. The van der Waals surface area contributed by atoms with Crippen molar-refractivity contribution >= 4 is 19.9 Å². The smallest absolute Gasteiger partial charge is 0.303 e. The van der Waals surface area contributed by atoms with Crippen molar-refractivity contribution in [1.29, 1.82) is 0 Å². The van der Waals surface area contributed by atoms with Crippen molar-refractivity contribution in [2.24, 2.45) is 0 Å². The molecule has 7 heteroatoms. The van der Waals surface area contributed by atoms with Crippen molar-refractivity contribution in [3.63, 3.8) is 0 Å². The summed E-state index contributed by atoms with van der Waals surface area (Å²) in [5, 5.41) is 0. The highest BCUT2D eigenvalue weighted by atomic mass is 31.2. The number of carbonyl (C=O) groups is 2. The van der Waals surface area contributed by atoms with E-state index < -0.39 is 20.2 Å². The zero-order valence-electron chi connectivity index (χ0n) is 4.76. The summed E-state index contributed by atoms with van der Waals surface area (Å²) in [7, 11) is -4.61.